The molecule has 0 aromatic carbocycles. The molecule has 0 radical (unpaired) electrons. The molecule has 0 aliphatic heterocycles. The summed E-state index contributed by atoms with van der Waals surface area (Å²) in [6.45, 7) is 10.5. The number of carbonyl (C=O) groups is 1. The van der Waals surface area contributed by atoms with Crippen LogP contribution in [0.1, 0.15) is 40.4 Å². The standard InChI is InChI=1S/C11H20N4OS/c1-6-12-8(16)7(2)13-10-14-9(15-17-10)11(3,4)5/h7H,6H2,1-5H3,(H,12,16)(H,13,14,15). The highest BCUT2D eigenvalue weighted by atomic mass is 32.1. The minimum Gasteiger partial charge on any atom is -0.355 e. The molecule has 0 saturated heterocycles. The van der Waals surface area contributed by atoms with Gasteiger partial charge < -0.3 is 10.6 Å². The van der Waals surface area contributed by atoms with Crippen LogP contribution < -0.4 is 10.6 Å². The molecule has 1 aromatic rings. The zero-order valence-electron chi connectivity index (χ0n) is 11.0. The molecule has 0 spiro atoms. The van der Waals surface area contributed by atoms with E-state index in [1.807, 2.05) is 13.8 Å². The topological polar surface area (TPSA) is 66.9 Å². The average molecular weight is 256 g/mol. The molecule has 0 aliphatic carbocycles. The summed E-state index contributed by atoms with van der Waals surface area (Å²) < 4.78 is 4.28. The van der Waals surface area contributed by atoms with Crippen molar-refractivity contribution in [3.05, 3.63) is 5.82 Å². The largest absolute Gasteiger partial charge is 0.355 e. The van der Waals surface area contributed by atoms with Crippen molar-refractivity contribution in [2.45, 2.75) is 46.1 Å². The SMILES string of the molecule is CCNC(=O)C(C)Nc1nc(C(C)(C)C)ns1. The average Bonchev–Trinajstić information content (AvgIpc) is 2.66. The van der Waals surface area contributed by atoms with E-state index in [2.05, 4.69) is 40.8 Å². The number of nitrogens with zero attached hydrogens (tertiary/aromatic N) is 2. The minimum absolute atomic E-state index is 0.0278. The summed E-state index contributed by atoms with van der Waals surface area (Å²) in [6.07, 6.45) is 0. The second kappa shape index (κ2) is 5.44. The molecule has 1 rings (SSSR count). The second-order valence-electron chi connectivity index (χ2n) is 4.93. The number of likely N-dealkylation sites (N-methyl/N-ethyl adjacent to an activating group) is 1. The first kappa shape index (κ1) is 13.9. The van der Waals surface area contributed by atoms with Gasteiger partial charge in [0.1, 0.15) is 11.9 Å². The van der Waals surface area contributed by atoms with Crippen molar-refractivity contribution in [3.8, 4) is 0 Å². The molecule has 1 unspecified atom stereocenters. The third kappa shape index (κ3) is 3.96. The summed E-state index contributed by atoms with van der Waals surface area (Å²) >= 11 is 1.29. The van der Waals surface area contributed by atoms with Gasteiger partial charge in [0, 0.05) is 23.5 Å². The van der Waals surface area contributed by atoms with E-state index in [1.165, 1.54) is 11.5 Å². The predicted molar refractivity (Wildman–Crippen MR) is 70.4 cm³/mol. The molecule has 0 fully saturated rings. The van der Waals surface area contributed by atoms with E-state index in [4.69, 9.17) is 0 Å². The Labute approximate surface area is 106 Å². The summed E-state index contributed by atoms with van der Waals surface area (Å²) in [7, 11) is 0. The van der Waals surface area contributed by atoms with Crippen LogP contribution in [-0.2, 0) is 10.2 Å². The number of hydrogen-bond acceptors (Lipinski definition) is 5. The Morgan fingerprint density at radius 1 is 1.47 bits per heavy atom. The summed E-state index contributed by atoms with van der Waals surface area (Å²) in [5, 5.41) is 6.50. The lowest BCUT2D eigenvalue weighted by Crippen LogP contribution is -2.37. The summed E-state index contributed by atoms with van der Waals surface area (Å²) in [6, 6.07) is -0.296. The van der Waals surface area contributed by atoms with Crippen molar-refractivity contribution in [1.29, 1.82) is 0 Å². The van der Waals surface area contributed by atoms with E-state index in [1.54, 1.807) is 0 Å². The Morgan fingerprint density at radius 2 is 2.12 bits per heavy atom. The van der Waals surface area contributed by atoms with Gasteiger partial charge in [-0.1, -0.05) is 20.8 Å². The number of aromatic nitrogens is 2. The first-order valence-corrected chi connectivity index (χ1v) is 6.50. The summed E-state index contributed by atoms with van der Waals surface area (Å²) in [5.41, 5.74) is -0.0641. The molecule has 0 saturated carbocycles. The fourth-order valence-electron chi connectivity index (χ4n) is 1.16. The van der Waals surface area contributed by atoms with E-state index in [0.717, 1.165) is 5.82 Å². The zero-order valence-corrected chi connectivity index (χ0v) is 11.8. The second-order valence-corrected chi connectivity index (χ2v) is 5.69. The fraction of sp³-hybridized carbons (Fsp3) is 0.727. The maximum atomic E-state index is 11.5. The van der Waals surface area contributed by atoms with E-state index in [0.29, 0.717) is 11.7 Å². The van der Waals surface area contributed by atoms with Gasteiger partial charge in [0.05, 0.1) is 0 Å². The van der Waals surface area contributed by atoms with Crippen LogP contribution in [0.3, 0.4) is 0 Å². The quantitative estimate of drug-likeness (QED) is 0.861. The number of rotatable bonds is 4. The highest BCUT2D eigenvalue weighted by Gasteiger charge is 2.21. The van der Waals surface area contributed by atoms with Crippen molar-refractivity contribution in [2.75, 3.05) is 11.9 Å². The number of amides is 1. The third-order valence-corrected chi connectivity index (χ3v) is 2.83. The first-order valence-electron chi connectivity index (χ1n) is 5.73. The summed E-state index contributed by atoms with van der Waals surface area (Å²) in [5.74, 6) is 0.771. The summed E-state index contributed by atoms with van der Waals surface area (Å²) in [4.78, 5) is 15.9. The molecule has 1 amide bonds. The number of nitrogens with one attached hydrogen (secondary N) is 2. The molecule has 96 valence electrons. The molecule has 5 nitrogen and oxygen atoms in total. The molecule has 1 atom stereocenters. The van der Waals surface area contributed by atoms with Gasteiger partial charge in [-0.15, -0.1) is 0 Å². The van der Waals surface area contributed by atoms with Crippen molar-refractivity contribution in [3.63, 3.8) is 0 Å². The minimum atomic E-state index is -0.296. The highest BCUT2D eigenvalue weighted by molar-refractivity contribution is 7.09. The van der Waals surface area contributed by atoms with Crippen LogP contribution in [0, 0.1) is 0 Å². The van der Waals surface area contributed by atoms with Crippen molar-refractivity contribution < 1.29 is 4.79 Å². The van der Waals surface area contributed by atoms with Gasteiger partial charge in [-0.25, -0.2) is 4.98 Å². The normalized spacial score (nSPS) is 13.2. The number of anilines is 1. The number of carbonyl (C=O) groups excluding carboxylic acids is 1. The molecule has 6 heteroatoms. The van der Waals surface area contributed by atoms with Crippen LogP contribution in [0.25, 0.3) is 0 Å². The zero-order chi connectivity index (χ0) is 13.1. The Hall–Kier alpha value is -1.17. The van der Waals surface area contributed by atoms with Crippen molar-refractivity contribution >= 4 is 22.6 Å². The Kier molecular flexibility index (Phi) is 4.45. The van der Waals surface area contributed by atoms with Crippen LogP contribution in [0.4, 0.5) is 5.13 Å². The Balaban J connectivity index is 2.64. The van der Waals surface area contributed by atoms with Crippen molar-refractivity contribution in [2.24, 2.45) is 0 Å². The van der Waals surface area contributed by atoms with E-state index < -0.39 is 0 Å². The molecular weight excluding hydrogens is 236 g/mol. The molecule has 0 bridgehead atoms. The lowest BCUT2D eigenvalue weighted by atomic mass is 9.96. The van der Waals surface area contributed by atoms with Crippen LogP contribution >= 0.6 is 11.5 Å². The third-order valence-electron chi connectivity index (χ3n) is 2.18. The van der Waals surface area contributed by atoms with Crippen LogP contribution in [-0.4, -0.2) is 27.9 Å². The van der Waals surface area contributed by atoms with Gasteiger partial charge in [0.25, 0.3) is 0 Å². The van der Waals surface area contributed by atoms with Crippen molar-refractivity contribution in [1.82, 2.24) is 14.7 Å². The maximum absolute atomic E-state index is 11.5. The van der Waals surface area contributed by atoms with Crippen LogP contribution in [0.15, 0.2) is 0 Å². The molecule has 1 heterocycles. The molecular formula is C11H20N4OS. The smallest absolute Gasteiger partial charge is 0.242 e. The Bertz CT molecular complexity index is 383. The number of hydrogen-bond donors (Lipinski definition) is 2. The van der Waals surface area contributed by atoms with Gasteiger partial charge in [-0.05, 0) is 13.8 Å². The Morgan fingerprint density at radius 3 is 2.59 bits per heavy atom. The van der Waals surface area contributed by atoms with E-state index in [9.17, 15) is 4.79 Å². The molecule has 17 heavy (non-hydrogen) atoms. The lowest BCUT2D eigenvalue weighted by molar-refractivity contribution is -0.121. The molecule has 1 aromatic heterocycles. The van der Waals surface area contributed by atoms with Gasteiger partial charge >= 0.3 is 0 Å². The van der Waals surface area contributed by atoms with E-state index >= 15 is 0 Å². The van der Waals surface area contributed by atoms with Crippen LogP contribution in [0.2, 0.25) is 0 Å². The first-order chi connectivity index (χ1) is 7.84. The van der Waals surface area contributed by atoms with Gasteiger partial charge in [0.2, 0.25) is 11.0 Å². The lowest BCUT2D eigenvalue weighted by Gasteiger charge is -2.13. The molecule has 2 N–H and O–H groups in total. The fourth-order valence-corrected chi connectivity index (χ4v) is 2.01. The van der Waals surface area contributed by atoms with Gasteiger partial charge in [-0.3, -0.25) is 4.79 Å². The maximum Gasteiger partial charge on any atom is 0.242 e. The van der Waals surface area contributed by atoms with Crippen LogP contribution in [0.5, 0.6) is 0 Å². The van der Waals surface area contributed by atoms with Gasteiger partial charge in [-0.2, -0.15) is 4.37 Å². The van der Waals surface area contributed by atoms with E-state index in [-0.39, 0.29) is 17.4 Å². The molecule has 0 aliphatic rings. The monoisotopic (exact) mass is 256 g/mol. The highest BCUT2D eigenvalue weighted by Crippen LogP contribution is 2.23. The predicted octanol–water partition coefficient (Wildman–Crippen LogP) is 1.77. The van der Waals surface area contributed by atoms with Gasteiger partial charge in [0.15, 0.2) is 0 Å².